The van der Waals surface area contributed by atoms with Gasteiger partial charge in [-0.15, -0.1) is 0 Å². The zero-order chi connectivity index (χ0) is 15.8. The SMILES string of the molecule is Cc1c(N)nc(C(C)(C)C)nc1N1CCCS(=O)(=O)CC1. The van der Waals surface area contributed by atoms with Gasteiger partial charge in [0.1, 0.15) is 17.5 Å². The summed E-state index contributed by atoms with van der Waals surface area (Å²) in [6.07, 6.45) is 0.622. The zero-order valence-electron chi connectivity index (χ0n) is 13.2. The minimum atomic E-state index is -2.94. The number of hydrogen-bond donors (Lipinski definition) is 1. The quantitative estimate of drug-likeness (QED) is 0.840. The number of nitrogen functional groups attached to an aromatic ring is 1. The fourth-order valence-corrected chi connectivity index (χ4v) is 3.59. The molecular formula is C14H24N4O2S. The van der Waals surface area contributed by atoms with Crippen LogP contribution in [0.15, 0.2) is 0 Å². The van der Waals surface area contributed by atoms with Crippen molar-refractivity contribution >= 4 is 21.5 Å². The lowest BCUT2D eigenvalue weighted by molar-refractivity contribution is 0.544. The predicted molar refractivity (Wildman–Crippen MR) is 85.4 cm³/mol. The molecule has 2 N–H and O–H groups in total. The first-order valence-corrected chi connectivity index (χ1v) is 9.02. The smallest absolute Gasteiger partial charge is 0.152 e. The van der Waals surface area contributed by atoms with Crippen LogP contribution in [-0.2, 0) is 15.3 Å². The minimum absolute atomic E-state index is 0.168. The highest BCUT2D eigenvalue weighted by Crippen LogP contribution is 2.27. The van der Waals surface area contributed by atoms with Crippen molar-refractivity contribution in [2.24, 2.45) is 0 Å². The average Bonchev–Trinajstić information content (AvgIpc) is 2.52. The molecule has 1 fully saturated rings. The Morgan fingerprint density at radius 3 is 2.43 bits per heavy atom. The molecule has 0 radical (unpaired) electrons. The first-order valence-electron chi connectivity index (χ1n) is 7.20. The van der Waals surface area contributed by atoms with Crippen LogP contribution in [0.2, 0.25) is 0 Å². The molecule has 1 aromatic rings. The highest BCUT2D eigenvalue weighted by Gasteiger charge is 2.25. The zero-order valence-corrected chi connectivity index (χ0v) is 14.0. The van der Waals surface area contributed by atoms with E-state index >= 15 is 0 Å². The molecule has 0 amide bonds. The topological polar surface area (TPSA) is 89.2 Å². The van der Waals surface area contributed by atoms with Crippen molar-refractivity contribution in [3.63, 3.8) is 0 Å². The first-order chi connectivity index (χ1) is 9.60. The monoisotopic (exact) mass is 312 g/mol. The molecule has 0 unspecified atom stereocenters. The molecule has 1 saturated heterocycles. The Labute approximate surface area is 126 Å². The van der Waals surface area contributed by atoms with Crippen LogP contribution >= 0.6 is 0 Å². The highest BCUT2D eigenvalue weighted by molar-refractivity contribution is 7.91. The van der Waals surface area contributed by atoms with Crippen molar-refractivity contribution in [3.05, 3.63) is 11.4 Å². The molecule has 0 aromatic carbocycles. The number of rotatable bonds is 1. The maximum absolute atomic E-state index is 11.7. The van der Waals surface area contributed by atoms with Crippen molar-refractivity contribution in [2.45, 2.75) is 39.5 Å². The van der Waals surface area contributed by atoms with E-state index in [4.69, 9.17) is 5.73 Å². The summed E-state index contributed by atoms with van der Waals surface area (Å²) in [6, 6.07) is 0. The summed E-state index contributed by atoms with van der Waals surface area (Å²) in [5, 5.41) is 0. The van der Waals surface area contributed by atoms with Crippen molar-refractivity contribution in [1.29, 1.82) is 0 Å². The summed E-state index contributed by atoms with van der Waals surface area (Å²) in [6.45, 7) is 9.13. The summed E-state index contributed by atoms with van der Waals surface area (Å²) in [4.78, 5) is 11.1. The lowest BCUT2D eigenvalue weighted by Gasteiger charge is -2.26. The third-order valence-corrected chi connectivity index (χ3v) is 5.40. The van der Waals surface area contributed by atoms with Crippen molar-refractivity contribution < 1.29 is 8.42 Å². The number of anilines is 2. The number of nitrogens with two attached hydrogens (primary N) is 1. The van der Waals surface area contributed by atoms with Gasteiger partial charge in [0.05, 0.1) is 11.5 Å². The molecule has 0 spiro atoms. The van der Waals surface area contributed by atoms with E-state index in [0.29, 0.717) is 31.2 Å². The molecule has 6 nitrogen and oxygen atoms in total. The van der Waals surface area contributed by atoms with Gasteiger partial charge in [-0.2, -0.15) is 0 Å². The third kappa shape index (κ3) is 3.64. The van der Waals surface area contributed by atoms with E-state index in [9.17, 15) is 8.42 Å². The van der Waals surface area contributed by atoms with Crippen molar-refractivity contribution in [3.8, 4) is 0 Å². The Kier molecular flexibility index (Phi) is 4.15. The van der Waals surface area contributed by atoms with Crippen LogP contribution in [0.5, 0.6) is 0 Å². The van der Waals surface area contributed by atoms with Gasteiger partial charge in [-0.3, -0.25) is 0 Å². The summed E-state index contributed by atoms with van der Waals surface area (Å²) in [7, 11) is -2.94. The van der Waals surface area contributed by atoms with Gasteiger partial charge in [0.15, 0.2) is 9.84 Å². The molecule has 2 heterocycles. The molecule has 1 aliphatic rings. The van der Waals surface area contributed by atoms with Crippen LogP contribution < -0.4 is 10.6 Å². The molecule has 1 aliphatic heterocycles. The van der Waals surface area contributed by atoms with Crippen LogP contribution in [0.1, 0.15) is 38.6 Å². The van der Waals surface area contributed by atoms with Gasteiger partial charge in [-0.1, -0.05) is 20.8 Å². The fourth-order valence-electron chi connectivity index (χ4n) is 2.32. The van der Waals surface area contributed by atoms with Gasteiger partial charge in [-0.05, 0) is 13.3 Å². The summed E-state index contributed by atoms with van der Waals surface area (Å²) >= 11 is 0. The van der Waals surface area contributed by atoms with Gasteiger partial charge in [0, 0.05) is 24.1 Å². The lowest BCUT2D eigenvalue weighted by atomic mass is 9.95. The van der Waals surface area contributed by atoms with Gasteiger partial charge >= 0.3 is 0 Å². The van der Waals surface area contributed by atoms with Crippen LogP contribution in [-0.4, -0.2) is 43.0 Å². The van der Waals surface area contributed by atoms with Crippen LogP contribution in [0.25, 0.3) is 0 Å². The summed E-state index contributed by atoms with van der Waals surface area (Å²) in [5.74, 6) is 2.34. The Hall–Kier alpha value is -1.37. The molecule has 21 heavy (non-hydrogen) atoms. The largest absolute Gasteiger partial charge is 0.383 e. The average molecular weight is 312 g/mol. The van der Waals surface area contributed by atoms with E-state index in [-0.39, 0.29) is 16.9 Å². The second kappa shape index (κ2) is 5.44. The third-order valence-electron chi connectivity index (χ3n) is 3.68. The molecule has 0 saturated carbocycles. The van der Waals surface area contributed by atoms with Crippen molar-refractivity contribution in [2.75, 3.05) is 35.2 Å². The summed E-state index contributed by atoms with van der Waals surface area (Å²) in [5.41, 5.74) is 6.64. The number of nitrogens with zero attached hydrogens (tertiary/aromatic N) is 3. The van der Waals surface area contributed by atoms with Crippen LogP contribution in [0.3, 0.4) is 0 Å². The standard InChI is InChI=1S/C14H24N4O2S/c1-10-11(15)16-13(14(2,3)4)17-12(10)18-6-5-8-21(19,20)9-7-18/h5-9H2,1-4H3,(H2,15,16,17). The van der Waals surface area contributed by atoms with E-state index in [2.05, 4.69) is 9.97 Å². The minimum Gasteiger partial charge on any atom is -0.383 e. The van der Waals surface area contributed by atoms with E-state index in [1.165, 1.54) is 0 Å². The molecular weight excluding hydrogens is 288 g/mol. The number of aromatic nitrogens is 2. The second-order valence-electron chi connectivity index (χ2n) is 6.62. The maximum atomic E-state index is 11.7. The normalized spacial score (nSPS) is 19.3. The Balaban J connectivity index is 2.41. The highest BCUT2D eigenvalue weighted by atomic mass is 32.2. The number of sulfone groups is 1. The van der Waals surface area contributed by atoms with E-state index in [0.717, 1.165) is 11.4 Å². The summed E-state index contributed by atoms with van der Waals surface area (Å²) < 4.78 is 23.5. The van der Waals surface area contributed by atoms with E-state index < -0.39 is 9.84 Å². The Morgan fingerprint density at radius 2 is 1.81 bits per heavy atom. The second-order valence-corrected chi connectivity index (χ2v) is 8.93. The maximum Gasteiger partial charge on any atom is 0.152 e. The van der Waals surface area contributed by atoms with E-state index in [1.807, 2.05) is 32.6 Å². The Bertz CT molecular complexity index is 635. The van der Waals surface area contributed by atoms with Gasteiger partial charge < -0.3 is 10.6 Å². The molecule has 0 atom stereocenters. The molecule has 0 bridgehead atoms. The van der Waals surface area contributed by atoms with Crippen LogP contribution in [0.4, 0.5) is 11.6 Å². The predicted octanol–water partition coefficient (Wildman–Crippen LogP) is 1.29. The number of hydrogen-bond acceptors (Lipinski definition) is 6. The lowest BCUT2D eigenvalue weighted by Crippen LogP contribution is -2.30. The molecule has 1 aromatic heterocycles. The molecule has 118 valence electrons. The van der Waals surface area contributed by atoms with Gasteiger partial charge in [0.25, 0.3) is 0 Å². The van der Waals surface area contributed by atoms with Crippen molar-refractivity contribution in [1.82, 2.24) is 9.97 Å². The molecule has 0 aliphatic carbocycles. The molecule has 7 heteroatoms. The first kappa shape index (κ1) is 16.0. The van der Waals surface area contributed by atoms with Gasteiger partial charge in [-0.25, -0.2) is 18.4 Å². The molecule has 2 rings (SSSR count). The Morgan fingerprint density at radius 1 is 1.14 bits per heavy atom. The fraction of sp³-hybridized carbons (Fsp3) is 0.714. The van der Waals surface area contributed by atoms with Crippen LogP contribution in [0, 0.1) is 6.92 Å². The van der Waals surface area contributed by atoms with Gasteiger partial charge in [0.2, 0.25) is 0 Å². The van der Waals surface area contributed by atoms with E-state index in [1.54, 1.807) is 0 Å².